The van der Waals surface area contributed by atoms with Crippen molar-refractivity contribution in [1.29, 1.82) is 0 Å². The highest BCUT2D eigenvalue weighted by Gasteiger charge is 2.33. The highest BCUT2D eigenvalue weighted by atomic mass is 32.1. The summed E-state index contributed by atoms with van der Waals surface area (Å²) in [6.07, 6.45) is -2.31. The number of hydrogen-bond acceptors (Lipinski definition) is 10. The van der Waals surface area contributed by atoms with Gasteiger partial charge in [0.25, 0.3) is 0 Å². The highest BCUT2D eigenvalue weighted by Crippen LogP contribution is 2.47. The minimum Gasteiger partial charge on any atom is -0.481 e. The first kappa shape index (κ1) is 27.9. The second kappa shape index (κ2) is 11.5. The molecule has 214 valence electrons. The number of carboxylic acid groups (broad SMARTS) is 1. The van der Waals surface area contributed by atoms with Gasteiger partial charge in [-0.15, -0.1) is 13.2 Å². The molecule has 1 fully saturated rings. The second-order valence-corrected chi connectivity index (χ2v) is 10.4. The van der Waals surface area contributed by atoms with Gasteiger partial charge in [0.05, 0.1) is 23.6 Å². The third kappa shape index (κ3) is 6.08. The van der Waals surface area contributed by atoms with Gasteiger partial charge in [-0.25, -0.2) is 14.8 Å². The molecule has 0 saturated carbocycles. The quantitative estimate of drug-likeness (QED) is 0.354. The molecule has 1 aliphatic heterocycles. The van der Waals surface area contributed by atoms with Gasteiger partial charge in [-0.1, -0.05) is 11.3 Å². The lowest BCUT2D eigenvalue weighted by molar-refractivity contribution is -0.274. The molecule has 0 amide bonds. The number of thiophene rings is 1. The number of carbonyl (C=O) groups is 1. The summed E-state index contributed by atoms with van der Waals surface area (Å²) in [5.74, 6) is -1.44. The Hall–Kier alpha value is -3.62. The van der Waals surface area contributed by atoms with Crippen LogP contribution >= 0.6 is 11.3 Å². The number of fused-ring (bicyclic) bond motifs is 3. The van der Waals surface area contributed by atoms with Gasteiger partial charge in [0.1, 0.15) is 11.5 Å². The highest BCUT2D eigenvalue weighted by molar-refractivity contribution is 7.16. The first-order chi connectivity index (χ1) is 19.1. The van der Waals surface area contributed by atoms with Crippen LogP contribution in [0.1, 0.15) is 20.8 Å². The predicted molar refractivity (Wildman–Crippen MR) is 143 cm³/mol. The van der Waals surface area contributed by atoms with Crippen LogP contribution in [0.4, 0.5) is 30.5 Å². The molecule has 2 aliphatic rings. The Morgan fingerprint density at radius 2 is 1.95 bits per heavy atom. The van der Waals surface area contributed by atoms with Gasteiger partial charge >= 0.3 is 12.3 Å². The van der Waals surface area contributed by atoms with Crippen LogP contribution < -0.4 is 19.7 Å². The minimum atomic E-state index is -4.89. The van der Waals surface area contributed by atoms with Gasteiger partial charge in [0.2, 0.25) is 5.95 Å². The number of rotatable bonds is 9. The van der Waals surface area contributed by atoms with Crippen molar-refractivity contribution >= 4 is 34.6 Å². The summed E-state index contributed by atoms with van der Waals surface area (Å²) in [5.41, 5.74) is 3.22. The summed E-state index contributed by atoms with van der Waals surface area (Å²) >= 11 is 1.02. The van der Waals surface area contributed by atoms with Crippen LogP contribution in [-0.2, 0) is 17.6 Å². The summed E-state index contributed by atoms with van der Waals surface area (Å²) in [6, 6.07) is 4.47. The Morgan fingerprint density at radius 1 is 1.18 bits per heavy atom. The minimum absolute atomic E-state index is 0.0417. The standard InChI is InChI=1S/C26H28F3N5O5S/c1-33-7-9-34(10-8-33)16-4-6-19(39-26(27,28)29)18(13-16)31-25-30-14-15-3-5-17-20(21(15)32-25)24(38-12-11-37-2)40-22(17)23(35)36/h4,6,13-14H,3,5,7-12H2,1-2H3,(H,35,36)(H,30,31,32). The molecule has 3 heterocycles. The van der Waals surface area contributed by atoms with E-state index in [-0.39, 0.29) is 23.1 Å². The molecule has 0 atom stereocenters. The average Bonchev–Trinajstić information content (AvgIpc) is 3.29. The molecule has 0 spiro atoms. The number of hydrogen-bond donors (Lipinski definition) is 2. The topological polar surface area (TPSA) is 109 Å². The van der Waals surface area contributed by atoms with Crippen LogP contribution in [0.3, 0.4) is 0 Å². The van der Waals surface area contributed by atoms with E-state index in [0.29, 0.717) is 41.3 Å². The third-order valence-corrected chi connectivity index (χ3v) is 7.87. The summed E-state index contributed by atoms with van der Waals surface area (Å²) in [4.78, 5) is 25.3. The van der Waals surface area contributed by atoms with Gasteiger partial charge in [0.15, 0.2) is 10.8 Å². The van der Waals surface area contributed by atoms with Crippen molar-refractivity contribution in [3.05, 3.63) is 40.4 Å². The van der Waals surface area contributed by atoms with Gasteiger partial charge in [-0.2, -0.15) is 0 Å². The smallest absolute Gasteiger partial charge is 0.481 e. The average molecular weight is 580 g/mol. The van der Waals surface area contributed by atoms with Crippen molar-refractivity contribution in [2.24, 2.45) is 0 Å². The van der Waals surface area contributed by atoms with Crippen LogP contribution in [0.25, 0.3) is 11.3 Å². The molecule has 40 heavy (non-hydrogen) atoms. The summed E-state index contributed by atoms with van der Waals surface area (Å²) in [5, 5.41) is 13.1. The molecule has 2 aromatic heterocycles. The number of aryl methyl sites for hydroxylation is 1. The molecule has 1 aromatic carbocycles. The predicted octanol–water partition coefficient (Wildman–Crippen LogP) is 4.42. The molecule has 1 saturated heterocycles. The molecule has 0 bridgehead atoms. The number of carboxylic acids is 1. The van der Waals surface area contributed by atoms with E-state index in [2.05, 4.69) is 29.8 Å². The van der Waals surface area contributed by atoms with E-state index in [9.17, 15) is 23.1 Å². The second-order valence-electron chi connectivity index (χ2n) is 9.43. The molecule has 1 aliphatic carbocycles. The van der Waals surface area contributed by atoms with Crippen LogP contribution in [0, 0.1) is 0 Å². The molecule has 14 heteroatoms. The number of halogens is 3. The number of likely N-dealkylation sites (N-methyl/N-ethyl adjacent to an activating group) is 1. The Labute approximate surface area is 232 Å². The first-order valence-corrected chi connectivity index (χ1v) is 13.4. The number of piperazine rings is 1. The first-order valence-electron chi connectivity index (χ1n) is 12.6. The zero-order valence-electron chi connectivity index (χ0n) is 21.9. The Bertz CT molecular complexity index is 1390. The van der Waals surface area contributed by atoms with Crippen molar-refractivity contribution in [1.82, 2.24) is 14.9 Å². The number of nitrogens with one attached hydrogen (secondary N) is 1. The van der Waals surface area contributed by atoms with Gasteiger partial charge in [-0.3, -0.25) is 0 Å². The van der Waals surface area contributed by atoms with Gasteiger partial charge in [0, 0.05) is 45.2 Å². The number of ether oxygens (including phenoxy) is 3. The number of anilines is 3. The fraction of sp³-hybridized carbons (Fsp3) is 0.423. The number of nitrogens with zero attached hydrogens (tertiary/aromatic N) is 4. The maximum absolute atomic E-state index is 13.2. The summed E-state index contributed by atoms with van der Waals surface area (Å²) in [7, 11) is 3.55. The number of aromatic nitrogens is 2. The summed E-state index contributed by atoms with van der Waals surface area (Å²) < 4.78 is 54.9. The number of aromatic carboxylic acids is 1. The lowest BCUT2D eigenvalue weighted by atomic mass is 9.91. The fourth-order valence-corrected chi connectivity index (χ4v) is 5.81. The summed E-state index contributed by atoms with van der Waals surface area (Å²) in [6.45, 7) is 3.63. The number of methoxy groups -OCH3 is 1. The van der Waals surface area contributed by atoms with Crippen molar-refractivity contribution in [3.63, 3.8) is 0 Å². The van der Waals surface area contributed by atoms with E-state index in [1.54, 1.807) is 18.3 Å². The van der Waals surface area contributed by atoms with E-state index in [1.807, 2.05) is 7.05 Å². The molecule has 10 nitrogen and oxygen atoms in total. The van der Waals surface area contributed by atoms with Crippen LogP contribution in [0.15, 0.2) is 24.4 Å². The maximum atomic E-state index is 13.2. The van der Waals surface area contributed by atoms with Crippen molar-refractivity contribution in [2.45, 2.75) is 19.2 Å². The molecule has 0 radical (unpaired) electrons. The van der Waals surface area contributed by atoms with Crippen molar-refractivity contribution < 1.29 is 37.3 Å². The van der Waals surface area contributed by atoms with Crippen LogP contribution in [0.2, 0.25) is 0 Å². The fourth-order valence-electron chi connectivity index (χ4n) is 4.75. The zero-order chi connectivity index (χ0) is 28.4. The van der Waals surface area contributed by atoms with Crippen molar-refractivity contribution in [2.75, 3.05) is 63.8 Å². The number of alkyl halides is 3. The zero-order valence-corrected chi connectivity index (χ0v) is 22.7. The maximum Gasteiger partial charge on any atom is 0.573 e. The van der Waals surface area contributed by atoms with Crippen LogP contribution in [-0.4, -0.2) is 85.9 Å². The van der Waals surface area contributed by atoms with Gasteiger partial charge in [-0.05, 0) is 49.2 Å². The van der Waals surface area contributed by atoms with E-state index in [4.69, 9.17) is 9.47 Å². The molecule has 0 unspecified atom stereocenters. The number of benzene rings is 1. The molecule has 5 rings (SSSR count). The van der Waals surface area contributed by atoms with Gasteiger partial charge < -0.3 is 34.4 Å². The van der Waals surface area contributed by atoms with E-state index in [1.165, 1.54) is 13.2 Å². The van der Waals surface area contributed by atoms with E-state index < -0.39 is 18.1 Å². The molecule has 3 aromatic rings. The Balaban J connectivity index is 1.51. The monoisotopic (exact) mass is 579 g/mol. The molecular formula is C26H28F3N5O5S. The third-order valence-electron chi connectivity index (χ3n) is 6.74. The molecule has 2 N–H and O–H groups in total. The Kier molecular flexibility index (Phi) is 8.01. The SMILES string of the molecule is COCCOc1sc(C(=O)O)c2c1-c1nc(Nc3cc(N4CCN(C)CC4)ccc3OC(F)(F)F)ncc1CC2. The lowest BCUT2D eigenvalue weighted by Crippen LogP contribution is -2.44. The van der Waals surface area contributed by atoms with E-state index in [0.717, 1.165) is 48.8 Å². The Morgan fingerprint density at radius 3 is 2.65 bits per heavy atom. The van der Waals surface area contributed by atoms with Crippen molar-refractivity contribution in [3.8, 4) is 22.1 Å². The molecular weight excluding hydrogens is 551 g/mol. The normalized spacial score (nSPS) is 15.4. The van der Waals surface area contributed by atoms with Crippen LogP contribution in [0.5, 0.6) is 10.8 Å². The lowest BCUT2D eigenvalue weighted by Gasteiger charge is -2.34. The largest absolute Gasteiger partial charge is 0.573 e. The van der Waals surface area contributed by atoms with E-state index >= 15 is 0 Å².